The molecule has 2 atom stereocenters. The Labute approximate surface area is 184 Å². The first kappa shape index (κ1) is 21.7. The molecule has 28 heavy (non-hydrogen) atoms. The second-order valence-electron chi connectivity index (χ2n) is 7.60. The molecule has 0 radical (unpaired) electrons. The summed E-state index contributed by atoms with van der Waals surface area (Å²) in [7, 11) is -0.0860. The smallest absolute Gasteiger partial charge is 0.158 e. The number of fused-ring (bicyclic) bond motifs is 2. The predicted octanol–water partition coefficient (Wildman–Crippen LogP) is 6.32. The van der Waals surface area contributed by atoms with Gasteiger partial charge in [0.1, 0.15) is 0 Å². The minimum atomic E-state index is -0.668. The van der Waals surface area contributed by atoms with Crippen molar-refractivity contribution in [1.29, 1.82) is 0 Å². The van der Waals surface area contributed by atoms with Gasteiger partial charge in [0, 0.05) is 6.61 Å². The largest absolute Gasteiger partial charge is 0.425 e. The van der Waals surface area contributed by atoms with E-state index in [0.717, 1.165) is 13.9 Å². The van der Waals surface area contributed by atoms with E-state index in [0.29, 0.717) is 0 Å². The van der Waals surface area contributed by atoms with E-state index in [1.807, 2.05) is 6.92 Å². The van der Waals surface area contributed by atoms with Crippen molar-refractivity contribution in [3.63, 3.8) is 0 Å². The van der Waals surface area contributed by atoms with Crippen molar-refractivity contribution in [2.24, 2.45) is 0 Å². The first-order valence-corrected chi connectivity index (χ1v) is 15.2. The zero-order valence-corrected chi connectivity index (χ0v) is 22.0. The standard InChI is InChI=1S/2C11H11.C3H10OSi.Zr/c2*1-8-7-10-5-3-4-6-11(10)9(8)2;1-3-4-5-2;/h2*3-7H,1-2H3;3,5H2,1-2H3;. The molecule has 2 aliphatic rings. The first-order valence-electron chi connectivity index (χ1n) is 10.4. The van der Waals surface area contributed by atoms with E-state index in [-0.39, 0.29) is 9.76 Å². The molecule has 2 aromatic rings. The minimum absolute atomic E-state index is 0.0860. The number of allylic oxidation sites excluding steroid dienone is 4. The Morgan fingerprint density at radius 3 is 1.57 bits per heavy atom. The van der Waals surface area contributed by atoms with Gasteiger partial charge in [-0.25, -0.2) is 0 Å². The van der Waals surface area contributed by atoms with Crippen molar-refractivity contribution in [3.8, 4) is 0 Å². The van der Waals surface area contributed by atoms with Gasteiger partial charge in [-0.15, -0.1) is 0 Å². The normalized spacial score (nSPS) is 20.4. The summed E-state index contributed by atoms with van der Waals surface area (Å²) in [6, 6.07) is 18.2. The molecule has 2 aliphatic carbocycles. The molecule has 3 heteroatoms. The molecule has 4 rings (SSSR count). The van der Waals surface area contributed by atoms with Crippen LogP contribution in [0.3, 0.4) is 0 Å². The third kappa shape index (κ3) is 4.13. The molecule has 0 bridgehead atoms. The molecule has 2 unspecified atom stereocenters. The van der Waals surface area contributed by atoms with Crippen LogP contribution in [0.4, 0.5) is 0 Å². The maximum atomic E-state index is 4.97. The van der Waals surface area contributed by atoms with Crippen LogP contribution < -0.4 is 0 Å². The van der Waals surface area contributed by atoms with Crippen molar-refractivity contribution in [1.82, 2.24) is 0 Å². The Hall–Kier alpha value is -1.02. The van der Waals surface area contributed by atoms with Gasteiger partial charge in [0.05, 0.1) is 0 Å². The van der Waals surface area contributed by atoms with Crippen LogP contribution in [0.15, 0.2) is 59.7 Å². The summed E-state index contributed by atoms with van der Waals surface area (Å²) in [6.07, 6.45) is 0. The van der Waals surface area contributed by atoms with Gasteiger partial charge in [-0.1, -0.05) is 6.55 Å². The van der Waals surface area contributed by atoms with Gasteiger partial charge < -0.3 is 4.43 Å². The van der Waals surface area contributed by atoms with Gasteiger partial charge in [-0.05, 0) is 6.92 Å². The summed E-state index contributed by atoms with van der Waals surface area (Å²) >= 11 is -0.668. The predicted molar refractivity (Wildman–Crippen MR) is 121 cm³/mol. The average Bonchev–Trinajstić information content (AvgIpc) is 3.10. The van der Waals surface area contributed by atoms with Crippen molar-refractivity contribution in [2.75, 3.05) is 6.61 Å². The second kappa shape index (κ2) is 9.65. The molecule has 0 aliphatic heterocycles. The number of rotatable bonds is 4. The third-order valence-electron chi connectivity index (χ3n) is 6.14. The van der Waals surface area contributed by atoms with Crippen LogP contribution >= 0.6 is 0 Å². The summed E-state index contributed by atoms with van der Waals surface area (Å²) < 4.78 is 6.43. The summed E-state index contributed by atoms with van der Waals surface area (Å²) in [5.74, 6) is 0. The van der Waals surface area contributed by atoms with E-state index >= 15 is 0 Å². The molecule has 1 nitrogen and oxygen atoms in total. The third-order valence-corrected chi connectivity index (χ3v) is 12.3. The zero-order chi connectivity index (χ0) is 20.3. The molecule has 0 aromatic heterocycles. The molecule has 2 aromatic carbocycles. The quantitative estimate of drug-likeness (QED) is 0.478. The topological polar surface area (TPSA) is 9.23 Å². The SMILES string of the molecule is CC1=C(C)[CH]([Zr][CH]2C(C)=C(C)c3ccccc32)c2ccccc21.CCO[SiH2]C. The number of benzene rings is 2. The summed E-state index contributed by atoms with van der Waals surface area (Å²) in [4.78, 5) is 0. The molecule has 0 amide bonds. The fraction of sp³-hybridized carbons (Fsp3) is 0.360. The van der Waals surface area contributed by atoms with Crippen molar-refractivity contribution in [3.05, 3.63) is 81.9 Å². The molecule has 0 spiro atoms. The van der Waals surface area contributed by atoms with Gasteiger partial charge in [0.15, 0.2) is 9.76 Å². The van der Waals surface area contributed by atoms with Crippen molar-refractivity contribution >= 4 is 20.9 Å². The molecular formula is C25H32OSiZr. The number of hydrogen-bond acceptors (Lipinski definition) is 1. The second-order valence-corrected chi connectivity index (χ2v) is 12.2. The molecule has 0 saturated carbocycles. The van der Waals surface area contributed by atoms with E-state index < -0.39 is 23.2 Å². The van der Waals surface area contributed by atoms with Gasteiger partial charge in [0.2, 0.25) is 0 Å². The maximum absolute atomic E-state index is 4.97. The zero-order valence-electron chi connectivity index (χ0n) is 18.1. The van der Waals surface area contributed by atoms with Crippen LogP contribution in [0.5, 0.6) is 0 Å². The van der Waals surface area contributed by atoms with Crippen LogP contribution in [0.1, 0.15) is 64.1 Å². The Balaban J connectivity index is 0.000000403. The van der Waals surface area contributed by atoms with Crippen LogP contribution in [0.2, 0.25) is 6.55 Å². The van der Waals surface area contributed by atoms with Crippen LogP contribution in [-0.4, -0.2) is 16.4 Å². The van der Waals surface area contributed by atoms with Gasteiger partial charge in [-0.3, -0.25) is 0 Å². The van der Waals surface area contributed by atoms with E-state index in [4.69, 9.17) is 4.43 Å². The minimum Gasteiger partial charge on any atom is -0.425 e. The molecule has 0 heterocycles. The van der Waals surface area contributed by atoms with Crippen LogP contribution in [0.25, 0.3) is 11.1 Å². The average molecular weight is 468 g/mol. The summed E-state index contributed by atoms with van der Waals surface area (Å²) in [5, 5.41) is 0. The van der Waals surface area contributed by atoms with E-state index in [2.05, 4.69) is 82.8 Å². The Kier molecular flexibility index (Phi) is 7.48. The van der Waals surface area contributed by atoms with Gasteiger partial charge in [-0.2, -0.15) is 0 Å². The van der Waals surface area contributed by atoms with Crippen LogP contribution in [0, 0.1) is 0 Å². The fourth-order valence-electron chi connectivity index (χ4n) is 4.31. The van der Waals surface area contributed by atoms with Gasteiger partial charge >= 0.3 is 151 Å². The van der Waals surface area contributed by atoms with Crippen molar-refractivity contribution < 1.29 is 27.7 Å². The monoisotopic (exact) mass is 466 g/mol. The Bertz CT molecular complexity index is 839. The summed E-state index contributed by atoms with van der Waals surface area (Å²) in [6.45, 7) is 14.4. The van der Waals surface area contributed by atoms with Crippen molar-refractivity contribution in [2.45, 2.75) is 48.4 Å². The van der Waals surface area contributed by atoms with E-state index in [1.165, 1.54) is 22.3 Å². The number of hydrogen-bond donors (Lipinski definition) is 0. The molecule has 146 valence electrons. The maximum Gasteiger partial charge on any atom is 0.158 e. The molecular weight excluding hydrogens is 436 g/mol. The van der Waals surface area contributed by atoms with Crippen LogP contribution in [-0.2, 0) is 27.7 Å². The van der Waals surface area contributed by atoms with E-state index in [1.54, 1.807) is 22.3 Å². The Morgan fingerprint density at radius 2 is 1.21 bits per heavy atom. The molecule has 0 fully saturated rings. The van der Waals surface area contributed by atoms with Gasteiger partial charge in [0.25, 0.3) is 0 Å². The first-order chi connectivity index (χ1) is 13.5. The summed E-state index contributed by atoms with van der Waals surface area (Å²) in [5.41, 5.74) is 12.5. The Morgan fingerprint density at radius 1 is 0.786 bits per heavy atom. The molecule has 0 saturated heterocycles. The fourth-order valence-corrected chi connectivity index (χ4v) is 9.95. The molecule has 0 N–H and O–H groups in total. The van der Waals surface area contributed by atoms with E-state index in [9.17, 15) is 0 Å².